The molecule has 2 N–H and O–H groups in total. The number of likely N-dealkylation sites (N-methyl/N-ethyl adjacent to an activating group) is 1. The Labute approximate surface area is 154 Å². The third-order valence-corrected chi connectivity index (χ3v) is 5.31. The fourth-order valence-electron chi connectivity index (χ4n) is 3.96. The van der Waals surface area contributed by atoms with Gasteiger partial charge in [0.2, 0.25) is 11.8 Å². The van der Waals surface area contributed by atoms with E-state index in [-0.39, 0.29) is 29.7 Å². The van der Waals surface area contributed by atoms with E-state index in [1.165, 1.54) is 0 Å². The first-order valence-corrected chi connectivity index (χ1v) is 9.54. The lowest BCUT2D eigenvalue weighted by molar-refractivity contribution is -0.126. The number of nitrogens with one attached hydrogen (secondary N) is 2. The summed E-state index contributed by atoms with van der Waals surface area (Å²) in [5.41, 5.74) is 0.560. The van der Waals surface area contributed by atoms with Crippen LogP contribution in [0.15, 0.2) is 30.3 Å². The molecule has 1 aromatic rings. The molecule has 0 aromatic heterocycles. The van der Waals surface area contributed by atoms with Gasteiger partial charge in [0.25, 0.3) is 5.91 Å². The maximum absolute atomic E-state index is 12.9. The lowest BCUT2D eigenvalue weighted by Crippen LogP contribution is -2.46. The molecule has 0 bridgehead atoms. The summed E-state index contributed by atoms with van der Waals surface area (Å²) in [6.07, 6.45) is 4.53. The van der Waals surface area contributed by atoms with Crippen molar-refractivity contribution in [2.24, 2.45) is 5.92 Å². The van der Waals surface area contributed by atoms with E-state index in [2.05, 4.69) is 10.6 Å². The smallest absolute Gasteiger partial charge is 0.254 e. The van der Waals surface area contributed by atoms with E-state index in [0.29, 0.717) is 25.1 Å². The van der Waals surface area contributed by atoms with Crippen LogP contribution in [0.25, 0.3) is 0 Å². The number of rotatable bonds is 5. The number of hydrogen-bond acceptors (Lipinski definition) is 3. The van der Waals surface area contributed by atoms with Crippen LogP contribution in [0.5, 0.6) is 0 Å². The number of carbonyl (C=O) groups excluding carboxylic acids is 3. The average Bonchev–Trinajstić information content (AvgIpc) is 3.32. The molecule has 2 aliphatic rings. The van der Waals surface area contributed by atoms with Crippen LogP contribution in [-0.2, 0) is 9.59 Å². The minimum atomic E-state index is -0.545. The van der Waals surface area contributed by atoms with Crippen LogP contribution in [0.1, 0.15) is 49.4 Å². The first-order valence-electron chi connectivity index (χ1n) is 9.54. The van der Waals surface area contributed by atoms with Crippen molar-refractivity contribution in [1.29, 1.82) is 0 Å². The van der Waals surface area contributed by atoms with Crippen LogP contribution in [0.3, 0.4) is 0 Å². The number of likely N-dealkylation sites (tertiary alicyclic amines) is 1. The van der Waals surface area contributed by atoms with E-state index < -0.39 is 6.04 Å². The molecule has 2 atom stereocenters. The second kappa shape index (κ2) is 8.34. The van der Waals surface area contributed by atoms with Gasteiger partial charge in [-0.2, -0.15) is 0 Å². The third-order valence-electron chi connectivity index (χ3n) is 5.31. The zero-order valence-corrected chi connectivity index (χ0v) is 15.2. The largest absolute Gasteiger partial charge is 0.355 e. The van der Waals surface area contributed by atoms with E-state index in [1.54, 1.807) is 17.0 Å². The summed E-state index contributed by atoms with van der Waals surface area (Å²) < 4.78 is 0. The number of carbonyl (C=O) groups is 3. The van der Waals surface area contributed by atoms with Crippen molar-refractivity contribution >= 4 is 17.7 Å². The number of hydrogen-bond donors (Lipinski definition) is 2. The molecule has 0 unspecified atom stereocenters. The molecule has 0 radical (unpaired) electrons. The topological polar surface area (TPSA) is 78.5 Å². The van der Waals surface area contributed by atoms with Crippen molar-refractivity contribution in [1.82, 2.24) is 15.5 Å². The number of benzene rings is 1. The normalized spacial score (nSPS) is 23.0. The summed E-state index contributed by atoms with van der Waals surface area (Å²) in [6.45, 7) is 2.74. The summed E-state index contributed by atoms with van der Waals surface area (Å²) in [6, 6.07) is 8.25. The molecule has 140 valence electrons. The molecule has 1 aliphatic carbocycles. The average molecular weight is 357 g/mol. The molecule has 0 spiro atoms. The molecule has 2 fully saturated rings. The zero-order valence-electron chi connectivity index (χ0n) is 15.2. The van der Waals surface area contributed by atoms with E-state index in [4.69, 9.17) is 0 Å². The van der Waals surface area contributed by atoms with Crippen LogP contribution in [0, 0.1) is 5.92 Å². The molecule has 6 nitrogen and oxygen atoms in total. The maximum Gasteiger partial charge on any atom is 0.254 e. The van der Waals surface area contributed by atoms with Gasteiger partial charge in [-0.05, 0) is 38.3 Å². The molecule has 3 rings (SSSR count). The van der Waals surface area contributed by atoms with Gasteiger partial charge in [0.15, 0.2) is 0 Å². The second-order valence-electron chi connectivity index (χ2n) is 7.16. The lowest BCUT2D eigenvalue weighted by atomic mass is 10.1. The van der Waals surface area contributed by atoms with Gasteiger partial charge in [0.1, 0.15) is 6.04 Å². The molecular weight excluding hydrogens is 330 g/mol. The minimum absolute atomic E-state index is 0.0659. The summed E-state index contributed by atoms with van der Waals surface area (Å²) in [5, 5.41) is 5.88. The molecule has 1 heterocycles. The van der Waals surface area contributed by atoms with Gasteiger partial charge in [0, 0.05) is 30.6 Å². The van der Waals surface area contributed by atoms with E-state index in [9.17, 15) is 14.4 Å². The van der Waals surface area contributed by atoms with Gasteiger partial charge in [0.05, 0.1) is 0 Å². The Hall–Kier alpha value is -2.37. The van der Waals surface area contributed by atoms with Crippen molar-refractivity contribution in [3.8, 4) is 0 Å². The van der Waals surface area contributed by atoms with E-state index in [0.717, 1.165) is 25.7 Å². The highest BCUT2D eigenvalue weighted by atomic mass is 16.2. The predicted molar refractivity (Wildman–Crippen MR) is 98.5 cm³/mol. The van der Waals surface area contributed by atoms with Crippen molar-refractivity contribution in [2.75, 3.05) is 13.1 Å². The summed E-state index contributed by atoms with van der Waals surface area (Å²) in [5.74, 6) is -0.179. The van der Waals surface area contributed by atoms with E-state index >= 15 is 0 Å². The molecular formula is C20H27N3O3. The highest BCUT2D eigenvalue weighted by molar-refractivity contribution is 5.98. The number of nitrogens with zero attached hydrogens (tertiary/aromatic N) is 1. The fourth-order valence-corrected chi connectivity index (χ4v) is 3.96. The van der Waals surface area contributed by atoms with Crippen LogP contribution in [-0.4, -0.2) is 47.8 Å². The van der Waals surface area contributed by atoms with Crippen molar-refractivity contribution < 1.29 is 14.4 Å². The Balaban J connectivity index is 1.71. The highest BCUT2D eigenvalue weighted by Crippen LogP contribution is 2.26. The van der Waals surface area contributed by atoms with Crippen molar-refractivity contribution in [3.63, 3.8) is 0 Å². The van der Waals surface area contributed by atoms with Gasteiger partial charge in [-0.1, -0.05) is 31.0 Å². The summed E-state index contributed by atoms with van der Waals surface area (Å²) in [4.78, 5) is 39.4. The van der Waals surface area contributed by atoms with E-state index in [1.807, 2.05) is 25.1 Å². The Morgan fingerprint density at radius 1 is 1.08 bits per heavy atom. The molecule has 1 saturated heterocycles. The standard InChI is InChI=1S/C20H27N3O3/c1-2-21-19(25)17-12-16(22-18(24)14-8-6-7-9-14)13-23(17)20(26)15-10-4-3-5-11-15/h3-5,10-11,14,16-17H,2,6-9,12-13H2,1H3,(H,21,25)(H,22,24)/t16-,17-/m0/s1. The van der Waals surface area contributed by atoms with Crippen LogP contribution >= 0.6 is 0 Å². The van der Waals surface area contributed by atoms with Crippen molar-refractivity contribution in [2.45, 2.75) is 51.1 Å². The number of amides is 3. The first kappa shape index (κ1) is 18.4. The maximum atomic E-state index is 12.9. The second-order valence-corrected chi connectivity index (χ2v) is 7.16. The SMILES string of the molecule is CCNC(=O)[C@@H]1C[C@H](NC(=O)C2CCCC2)CN1C(=O)c1ccccc1. The molecule has 1 saturated carbocycles. The van der Waals surface area contributed by atoms with Gasteiger partial charge >= 0.3 is 0 Å². The predicted octanol–water partition coefficient (Wildman–Crippen LogP) is 1.71. The molecule has 6 heteroatoms. The van der Waals surface area contributed by atoms with Crippen LogP contribution in [0.4, 0.5) is 0 Å². The highest BCUT2D eigenvalue weighted by Gasteiger charge is 2.40. The first-order chi connectivity index (χ1) is 12.6. The van der Waals surface area contributed by atoms with Crippen molar-refractivity contribution in [3.05, 3.63) is 35.9 Å². The van der Waals surface area contributed by atoms with Crippen LogP contribution in [0.2, 0.25) is 0 Å². The molecule has 3 amide bonds. The monoisotopic (exact) mass is 357 g/mol. The fraction of sp³-hybridized carbons (Fsp3) is 0.550. The summed E-state index contributed by atoms with van der Waals surface area (Å²) >= 11 is 0. The Morgan fingerprint density at radius 3 is 2.42 bits per heavy atom. The Morgan fingerprint density at radius 2 is 1.77 bits per heavy atom. The van der Waals surface area contributed by atoms with Gasteiger partial charge in [-0.15, -0.1) is 0 Å². The Bertz CT molecular complexity index is 656. The molecule has 1 aromatic carbocycles. The molecule has 1 aliphatic heterocycles. The van der Waals surface area contributed by atoms with Gasteiger partial charge < -0.3 is 15.5 Å². The quantitative estimate of drug-likeness (QED) is 0.842. The third kappa shape index (κ3) is 4.06. The van der Waals surface area contributed by atoms with Gasteiger partial charge in [-0.25, -0.2) is 0 Å². The van der Waals surface area contributed by atoms with Gasteiger partial charge in [-0.3, -0.25) is 14.4 Å². The lowest BCUT2D eigenvalue weighted by Gasteiger charge is -2.23. The summed E-state index contributed by atoms with van der Waals surface area (Å²) in [7, 11) is 0. The zero-order chi connectivity index (χ0) is 18.5. The Kier molecular flexibility index (Phi) is 5.91. The van der Waals surface area contributed by atoms with Crippen LogP contribution < -0.4 is 10.6 Å². The molecule has 26 heavy (non-hydrogen) atoms. The minimum Gasteiger partial charge on any atom is -0.355 e.